The van der Waals surface area contributed by atoms with Crippen molar-refractivity contribution in [2.24, 2.45) is 16.6 Å². The summed E-state index contributed by atoms with van der Waals surface area (Å²) >= 11 is 0. The first-order valence-electron chi connectivity index (χ1n) is 8.63. The average molecular weight is 403 g/mol. The van der Waals surface area contributed by atoms with Crippen molar-refractivity contribution in [1.29, 1.82) is 4.78 Å². The van der Waals surface area contributed by atoms with Gasteiger partial charge >= 0.3 is 6.18 Å². The summed E-state index contributed by atoms with van der Waals surface area (Å²) in [6.07, 6.45) is -2.63. The summed E-state index contributed by atoms with van der Waals surface area (Å²) in [5, 5.41) is 0.821. The van der Waals surface area contributed by atoms with E-state index in [1.165, 1.54) is 13.8 Å². The molecule has 3 rings (SSSR count). The van der Waals surface area contributed by atoms with Gasteiger partial charge in [-0.15, -0.1) is 0 Å². The molecule has 1 aromatic carbocycles. The van der Waals surface area contributed by atoms with E-state index in [-0.39, 0.29) is 32.1 Å². The highest BCUT2D eigenvalue weighted by atomic mass is 32.2. The molecular formula is C18H24F3N3O2S. The van der Waals surface area contributed by atoms with Gasteiger partial charge in [0.2, 0.25) is 0 Å². The molecule has 0 spiro atoms. The number of ether oxygens (including phenoxy) is 1. The summed E-state index contributed by atoms with van der Waals surface area (Å²) < 4.78 is 68.5. The average Bonchev–Trinajstić information content (AvgIpc) is 2.91. The van der Waals surface area contributed by atoms with Crippen molar-refractivity contribution < 1.29 is 22.1 Å². The second-order valence-corrected chi connectivity index (χ2v) is 9.96. The second kappa shape index (κ2) is 6.49. The Morgan fingerprint density at radius 1 is 1.30 bits per heavy atom. The van der Waals surface area contributed by atoms with Crippen LogP contribution in [0, 0.1) is 15.6 Å². The van der Waals surface area contributed by atoms with Crippen molar-refractivity contribution in [3.8, 4) is 0 Å². The van der Waals surface area contributed by atoms with Crippen molar-refractivity contribution in [2.75, 3.05) is 25.5 Å². The van der Waals surface area contributed by atoms with E-state index in [0.29, 0.717) is 10.4 Å². The number of rotatable bonds is 6. The van der Waals surface area contributed by atoms with Crippen molar-refractivity contribution >= 4 is 20.6 Å². The molecule has 1 saturated heterocycles. The fraction of sp³-hybridized carbons (Fsp3) is 0.556. The minimum Gasteiger partial charge on any atom is -0.380 e. The normalized spacial score (nSPS) is 19.6. The molecule has 0 amide bonds. The number of fused-ring (bicyclic) bond motifs is 1. The van der Waals surface area contributed by atoms with E-state index in [9.17, 15) is 17.4 Å². The smallest absolute Gasteiger partial charge is 0.380 e. The topological polar surface area (TPSA) is 81.1 Å². The lowest BCUT2D eigenvalue weighted by atomic mass is 9.63. The highest BCUT2D eigenvalue weighted by Gasteiger charge is 2.63. The maximum Gasteiger partial charge on any atom is 0.394 e. The van der Waals surface area contributed by atoms with Gasteiger partial charge < -0.3 is 15.0 Å². The number of aromatic nitrogens is 1. The zero-order valence-corrected chi connectivity index (χ0v) is 16.1. The van der Waals surface area contributed by atoms with Crippen LogP contribution in [-0.2, 0) is 21.0 Å². The summed E-state index contributed by atoms with van der Waals surface area (Å²) in [4.78, 5) is 0.342. The molecule has 2 aromatic rings. The van der Waals surface area contributed by atoms with Crippen LogP contribution in [0.4, 0.5) is 13.2 Å². The molecule has 0 aliphatic carbocycles. The second-order valence-electron chi connectivity index (χ2n) is 7.73. The molecule has 150 valence electrons. The quantitative estimate of drug-likeness (QED) is 0.773. The van der Waals surface area contributed by atoms with Crippen LogP contribution in [0.25, 0.3) is 10.9 Å². The Bertz CT molecular complexity index is 944. The fourth-order valence-electron chi connectivity index (χ4n) is 3.42. The van der Waals surface area contributed by atoms with Crippen LogP contribution in [0.1, 0.15) is 13.8 Å². The van der Waals surface area contributed by atoms with Gasteiger partial charge in [-0.05, 0) is 23.6 Å². The number of alkyl halides is 3. The van der Waals surface area contributed by atoms with Crippen LogP contribution >= 0.6 is 0 Å². The Morgan fingerprint density at radius 2 is 1.96 bits per heavy atom. The van der Waals surface area contributed by atoms with Crippen LogP contribution in [0.2, 0.25) is 0 Å². The van der Waals surface area contributed by atoms with Gasteiger partial charge in [0.1, 0.15) is 0 Å². The first-order valence-corrected chi connectivity index (χ1v) is 10.4. The van der Waals surface area contributed by atoms with E-state index in [0.717, 1.165) is 5.39 Å². The SMILES string of the molecule is CC(C)(C(F)(F)F)C1(Cn2ccc3ccc(S(=N)(=O)CCN)cc32)COC1. The number of hydrogen-bond donors (Lipinski definition) is 2. The van der Waals surface area contributed by atoms with Gasteiger partial charge in [0, 0.05) is 40.9 Å². The zero-order valence-electron chi connectivity index (χ0n) is 15.3. The molecule has 3 N–H and O–H groups in total. The molecule has 1 fully saturated rings. The molecule has 0 radical (unpaired) electrons. The van der Waals surface area contributed by atoms with Crippen LogP contribution in [0.5, 0.6) is 0 Å². The molecule has 1 aromatic heterocycles. The van der Waals surface area contributed by atoms with E-state index in [1.807, 2.05) is 6.07 Å². The predicted molar refractivity (Wildman–Crippen MR) is 98.1 cm³/mol. The molecule has 1 unspecified atom stereocenters. The summed E-state index contributed by atoms with van der Waals surface area (Å²) in [6.45, 7) is 2.74. The summed E-state index contributed by atoms with van der Waals surface area (Å²) in [7, 11) is -3.03. The van der Waals surface area contributed by atoms with Crippen molar-refractivity contribution in [1.82, 2.24) is 4.57 Å². The first-order chi connectivity index (χ1) is 12.4. The highest BCUT2D eigenvalue weighted by molar-refractivity contribution is 7.92. The molecule has 0 saturated carbocycles. The monoisotopic (exact) mass is 403 g/mol. The number of hydrogen-bond acceptors (Lipinski definition) is 4. The van der Waals surface area contributed by atoms with Crippen LogP contribution < -0.4 is 5.73 Å². The van der Waals surface area contributed by atoms with Crippen molar-refractivity contribution in [3.63, 3.8) is 0 Å². The number of halogens is 3. The van der Waals surface area contributed by atoms with Crippen molar-refractivity contribution in [3.05, 3.63) is 30.5 Å². The van der Waals surface area contributed by atoms with E-state index in [4.69, 9.17) is 15.3 Å². The maximum absolute atomic E-state index is 13.7. The molecule has 5 nitrogen and oxygen atoms in total. The summed E-state index contributed by atoms with van der Waals surface area (Å²) in [5.74, 6) is 0.0398. The van der Waals surface area contributed by atoms with Gasteiger partial charge in [0.25, 0.3) is 0 Å². The van der Waals surface area contributed by atoms with Crippen LogP contribution in [0.15, 0.2) is 35.4 Å². The molecule has 2 heterocycles. The third-order valence-corrected chi connectivity index (χ3v) is 7.62. The Morgan fingerprint density at radius 3 is 2.48 bits per heavy atom. The van der Waals surface area contributed by atoms with Gasteiger partial charge in [-0.1, -0.05) is 19.9 Å². The van der Waals surface area contributed by atoms with Crippen molar-refractivity contribution in [2.45, 2.75) is 31.5 Å². The largest absolute Gasteiger partial charge is 0.394 e. The molecule has 0 bridgehead atoms. The molecule has 1 aliphatic rings. The van der Waals surface area contributed by atoms with Gasteiger partial charge in [0.05, 0.1) is 28.4 Å². The Kier molecular flexibility index (Phi) is 4.85. The third-order valence-electron chi connectivity index (χ3n) is 5.80. The maximum atomic E-state index is 13.7. The lowest BCUT2D eigenvalue weighted by molar-refractivity contribution is -0.304. The zero-order chi connectivity index (χ0) is 20.1. The van der Waals surface area contributed by atoms with E-state index in [1.54, 1.807) is 29.0 Å². The van der Waals surface area contributed by atoms with E-state index >= 15 is 0 Å². The highest BCUT2D eigenvalue weighted by Crippen LogP contribution is 2.55. The standard InChI is InChI=1S/C18H24F3N3O2S/c1-16(2,18(19,20)21)17(11-26-12-17)10-24-7-5-13-3-4-14(9-15(13)24)27(23,25)8-6-22/h3-5,7,9,23H,6,8,10-12,22H2,1-2H3. The van der Waals surface area contributed by atoms with E-state index < -0.39 is 26.7 Å². The minimum atomic E-state index is -4.36. The third kappa shape index (κ3) is 3.25. The predicted octanol–water partition coefficient (Wildman–Crippen LogP) is 3.61. The van der Waals surface area contributed by atoms with Gasteiger partial charge in [-0.25, -0.2) is 8.99 Å². The summed E-state index contributed by atoms with van der Waals surface area (Å²) in [5.41, 5.74) is 3.11. The van der Waals surface area contributed by atoms with Crippen LogP contribution in [0.3, 0.4) is 0 Å². The lowest BCUT2D eigenvalue weighted by Gasteiger charge is -2.53. The van der Waals surface area contributed by atoms with Crippen LogP contribution in [-0.4, -0.2) is 40.5 Å². The van der Waals surface area contributed by atoms with Gasteiger partial charge in [-0.2, -0.15) is 13.2 Å². The molecule has 1 atom stereocenters. The molecule has 1 aliphatic heterocycles. The lowest BCUT2D eigenvalue weighted by Crippen LogP contribution is -2.60. The number of nitrogens with one attached hydrogen (secondary N) is 1. The molecule has 9 heteroatoms. The Balaban J connectivity index is 2.02. The Labute approximate surface area is 156 Å². The van der Waals surface area contributed by atoms with Gasteiger partial charge in [0.15, 0.2) is 0 Å². The number of nitrogens with zero attached hydrogens (tertiary/aromatic N) is 1. The fourth-order valence-corrected chi connectivity index (χ4v) is 4.57. The first kappa shape index (κ1) is 20.2. The van der Waals surface area contributed by atoms with Gasteiger partial charge in [-0.3, -0.25) is 0 Å². The minimum absolute atomic E-state index is 0.0290. The van der Waals surface area contributed by atoms with E-state index in [2.05, 4.69) is 0 Å². The Hall–Kier alpha value is -1.58. The number of nitrogens with two attached hydrogens (primary N) is 1. The number of benzene rings is 1. The summed E-state index contributed by atoms with van der Waals surface area (Å²) in [6, 6.07) is 6.81. The molecular weight excluding hydrogens is 379 g/mol. The molecule has 27 heavy (non-hydrogen) atoms.